The van der Waals surface area contributed by atoms with E-state index < -0.39 is 11.7 Å². The first-order valence-electron chi connectivity index (χ1n) is 13.0. The maximum atomic E-state index is 14.0. The van der Waals surface area contributed by atoms with Gasteiger partial charge in [-0.25, -0.2) is 0 Å². The summed E-state index contributed by atoms with van der Waals surface area (Å²) in [5.74, 6) is 1.69. The van der Waals surface area contributed by atoms with Crippen LogP contribution in [0.3, 0.4) is 0 Å². The Morgan fingerprint density at radius 3 is 2.74 bits per heavy atom. The summed E-state index contributed by atoms with van der Waals surface area (Å²) in [4.78, 5) is 19.9. The minimum absolute atomic E-state index is 0.162. The molecule has 0 aromatic carbocycles. The molecule has 34 heavy (non-hydrogen) atoms. The normalized spacial score (nSPS) is 37.4. The van der Waals surface area contributed by atoms with Gasteiger partial charge in [-0.05, 0) is 67.9 Å². The molecule has 0 radical (unpaired) electrons. The lowest BCUT2D eigenvalue weighted by atomic mass is 9.75. The molecule has 2 bridgehead atoms. The molecular weight excluding hydrogens is 443 g/mol. The van der Waals surface area contributed by atoms with Crippen molar-refractivity contribution in [2.45, 2.75) is 82.6 Å². The Balaban J connectivity index is 1.18. The third-order valence-corrected chi connectivity index (χ3v) is 9.47. The van der Waals surface area contributed by atoms with Gasteiger partial charge >= 0.3 is 6.18 Å². The molecule has 5 nitrogen and oxygen atoms in total. The monoisotopic (exact) mass is 477 g/mol. The van der Waals surface area contributed by atoms with Crippen LogP contribution in [0.25, 0.3) is 0 Å². The maximum absolute atomic E-state index is 14.0. The summed E-state index contributed by atoms with van der Waals surface area (Å²) in [6.45, 7) is 2.47. The van der Waals surface area contributed by atoms with E-state index in [0.717, 1.165) is 51.5 Å². The minimum atomic E-state index is -4.42. The Bertz CT molecular complexity index is 932. The molecule has 1 aromatic rings. The van der Waals surface area contributed by atoms with Crippen molar-refractivity contribution in [2.24, 2.45) is 23.2 Å². The number of halogens is 3. The Hall–Kier alpha value is -1.67. The Labute approximate surface area is 198 Å². The molecule has 6 atom stereocenters. The van der Waals surface area contributed by atoms with E-state index in [1.807, 2.05) is 4.90 Å². The molecule has 2 aliphatic heterocycles. The summed E-state index contributed by atoms with van der Waals surface area (Å²) in [5, 5.41) is 3.98. The van der Waals surface area contributed by atoms with Gasteiger partial charge in [0.15, 0.2) is 0 Å². The Kier molecular flexibility index (Phi) is 5.67. The molecular formula is C26H34F3N3O2. The number of carbonyl (C=O) groups is 1. The third kappa shape index (κ3) is 3.85. The summed E-state index contributed by atoms with van der Waals surface area (Å²) in [7, 11) is 0. The number of fused-ring (bicyclic) bond motifs is 4. The molecule has 1 aromatic heterocycles. The van der Waals surface area contributed by atoms with Crippen LogP contribution >= 0.6 is 0 Å². The highest BCUT2D eigenvalue weighted by atomic mass is 19.4. The second-order valence-electron chi connectivity index (χ2n) is 11.4. The summed E-state index contributed by atoms with van der Waals surface area (Å²) in [6, 6.07) is 2.03. The fraction of sp³-hybridized carbons (Fsp3) is 0.769. The fourth-order valence-electron chi connectivity index (χ4n) is 7.86. The highest BCUT2D eigenvalue weighted by molar-refractivity contribution is 5.84. The van der Waals surface area contributed by atoms with Gasteiger partial charge in [-0.1, -0.05) is 12.8 Å². The summed E-state index contributed by atoms with van der Waals surface area (Å²) >= 11 is 0. The van der Waals surface area contributed by atoms with E-state index in [1.54, 1.807) is 0 Å². The van der Waals surface area contributed by atoms with E-state index in [4.69, 9.17) is 4.74 Å². The van der Waals surface area contributed by atoms with Gasteiger partial charge in [-0.15, -0.1) is 0 Å². The van der Waals surface area contributed by atoms with Gasteiger partial charge in [0.1, 0.15) is 0 Å². The number of nitrogens with zero attached hydrogens (tertiary/aromatic N) is 2. The van der Waals surface area contributed by atoms with Crippen molar-refractivity contribution in [2.75, 3.05) is 19.8 Å². The molecule has 3 aliphatic carbocycles. The van der Waals surface area contributed by atoms with Crippen LogP contribution in [0.15, 0.2) is 12.3 Å². The Morgan fingerprint density at radius 2 is 1.97 bits per heavy atom. The number of hydrogen-bond acceptors (Lipinski definition) is 4. The van der Waals surface area contributed by atoms with Crippen LogP contribution < -0.4 is 5.32 Å². The lowest BCUT2D eigenvalue weighted by Crippen LogP contribution is -2.54. The predicted molar refractivity (Wildman–Crippen MR) is 120 cm³/mol. The predicted octanol–water partition coefficient (Wildman–Crippen LogP) is 4.34. The molecule has 3 heterocycles. The van der Waals surface area contributed by atoms with Crippen molar-refractivity contribution in [1.82, 2.24) is 15.2 Å². The lowest BCUT2D eigenvalue weighted by Gasteiger charge is -2.44. The largest absolute Gasteiger partial charge is 0.417 e. The third-order valence-electron chi connectivity index (χ3n) is 9.47. The number of alkyl halides is 3. The average molecular weight is 478 g/mol. The van der Waals surface area contributed by atoms with Crippen molar-refractivity contribution < 1.29 is 22.7 Å². The molecule has 3 saturated carbocycles. The fourth-order valence-corrected chi connectivity index (χ4v) is 7.86. The van der Waals surface area contributed by atoms with Gasteiger partial charge in [0.2, 0.25) is 5.91 Å². The van der Waals surface area contributed by atoms with E-state index in [1.165, 1.54) is 25.3 Å². The number of nitrogens with one attached hydrogen (secondary N) is 1. The van der Waals surface area contributed by atoms with E-state index in [0.29, 0.717) is 54.1 Å². The van der Waals surface area contributed by atoms with Crippen molar-refractivity contribution in [3.8, 4) is 0 Å². The SMILES string of the molecule is O=C(N1CCc2ncc(C(F)(F)F)cc2C1)[C@@]12CCC[C@@H]1C[C@@H](NC1[C@@H]3CCC[C@H]1COC3)C2. The minimum Gasteiger partial charge on any atom is -0.381 e. The zero-order chi connectivity index (χ0) is 23.5. The summed E-state index contributed by atoms with van der Waals surface area (Å²) in [6.07, 6.45) is 5.68. The molecule has 5 aliphatic rings. The van der Waals surface area contributed by atoms with E-state index in [9.17, 15) is 18.0 Å². The van der Waals surface area contributed by atoms with Crippen LogP contribution in [0.5, 0.6) is 0 Å². The first-order chi connectivity index (χ1) is 16.3. The highest BCUT2D eigenvalue weighted by Gasteiger charge is 2.56. The van der Waals surface area contributed by atoms with Crippen LogP contribution in [0.4, 0.5) is 13.2 Å². The quantitative estimate of drug-likeness (QED) is 0.704. The summed E-state index contributed by atoms with van der Waals surface area (Å²) < 4.78 is 45.5. The van der Waals surface area contributed by atoms with Gasteiger partial charge in [0.05, 0.1) is 24.2 Å². The standard InChI is InChI=1S/C26H34F3N3O2/c27-26(28,29)20-9-18-13-32(8-6-22(18)30-12-20)24(33)25-7-2-5-19(25)10-21(11-25)31-23-16-3-1-4-17(23)15-34-14-16/h9,12,16-17,19,21,23,31H,1-8,10-11,13-15H2/t16-,17+,19-,21-,23?,25-/m1/s1. The number of amides is 1. The first kappa shape index (κ1) is 22.8. The molecule has 1 unspecified atom stereocenters. The zero-order valence-corrected chi connectivity index (χ0v) is 19.6. The van der Waals surface area contributed by atoms with Crippen molar-refractivity contribution in [1.29, 1.82) is 0 Å². The van der Waals surface area contributed by atoms with Crippen molar-refractivity contribution >= 4 is 5.91 Å². The van der Waals surface area contributed by atoms with Crippen LogP contribution in [-0.4, -0.2) is 47.6 Å². The lowest BCUT2D eigenvalue weighted by molar-refractivity contribution is -0.144. The molecule has 6 rings (SSSR count). The molecule has 1 saturated heterocycles. The van der Waals surface area contributed by atoms with Crippen molar-refractivity contribution in [3.05, 3.63) is 29.1 Å². The van der Waals surface area contributed by atoms with Gasteiger partial charge in [-0.2, -0.15) is 13.2 Å². The second-order valence-corrected chi connectivity index (χ2v) is 11.4. The second kappa shape index (κ2) is 8.47. The van der Waals surface area contributed by atoms with Crippen LogP contribution in [-0.2, 0) is 28.7 Å². The van der Waals surface area contributed by atoms with Crippen molar-refractivity contribution in [3.63, 3.8) is 0 Å². The molecule has 1 N–H and O–H groups in total. The van der Waals surface area contributed by atoms with Crippen LogP contribution in [0.1, 0.15) is 68.2 Å². The summed E-state index contributed by atoms with van der Waals surface area (Å²) in [5.41, 5.74) is 0.145. The molecule has 186 valence electrons. The molecule has 4 fully saturated rings. The van der Waals surface area contributed by atoms with E-state index >= 15 is 0 Å². The highest BCUT2D eigenvalue weighted by Crippen LogP contribution is 2.56. The van der Waals surface area contributed by atoms with Gasteiger partial charge in [0.25, 0.3) is 0 Å². The molecule has 0 spiro atoms. The van der Waals surface area contributed by atoms with Gasteiger partial charge in [0, 0.05) is 43.5 Å². The number of carbonyl (C=O) groups excluding carboxylic acids is 1. The number of ether oxygens (including phenoxy) is 1. The van der Waals surface area contributed by atoms with E-state index in [-0.39, 0.29) is 17.9 Å². The maximum Gasteiger partial charge on any atom is 0.417 e. The van der Waals surface area contributed by atoms with Crippen LogP contribution in [0, 0.1) is 23.2 Å². The topological polar surface area (TPSA) is 54.5 Å². The van der Waals surface area contributed by atoms with Gasteiger partial charge < -0.3 is 15.0 Å². The smallest absolute Gasteiger partial charge is 0.381 e. The average Bonchev–Trinajstić information content (AvgIpc) is 3.35. The molecule has 1 amide bonds. The first-order valence-corrected chi connectivity index (χ1v) is 13.0. The number of rotatable bonds is 3. The number of hydrogen-bond donors (Lipinski definition) is 1. The number of aromatic nitrogens is 1. The molecule has 8 heteroatoms. The van der Waals surface area contributed by atoms with Gasteiger partial charge in [-0.3, -0.25) is 9.78 Å². The van der Waals surface area contributed by atoms with E-state index in [2.05, 4.69) is 10.3 Å². The Morgan fingerprint density at radius 1 is 1.18 bits per heavy atom. The zero-order valence-electron chi connectivity index (χ0n) is 19.6. The van der Waals surface area contributed by atoms with Crippen LogP contribution in [0.2, 0.25) is 0 Å². The number of pyridine rings is 1.